The molecule has 0 bridgehead atoms. The van der Waals surface area contributed by atoms with Crippen LogP contribution in [0.2, 0.25) is 0 Å². The Balaban J connectivity index is 1.32. The number of fused-ring (bicyclic) bond motifs is 1. The molecule has 2 heterocycles. The first-order valence-corrected chi connectivity index (χ1v) is 12.5. The summed E-state index contributed by atoms with van der Waals surface area (Å²) in [7, 11) is -3.62. The number of carbonyl (C=O) groups excluding carboxylic acids is 2. The van der Waals surface area contributed by atoms with E-state index in [0.717, 1.165) is 10.9 Å². The number of nitrogens with zero attached hydrogens (tertiary/aromatic N) is 2. The number of pyridine rings is 1. The largest absolute Gasteiger partial charge is 0.449 e. The molecular formula is C25H25N3O6S. The molecule has 182 valence electrons. The molecule has 0 radical (unpaired) electrons. The van der Waals surface area contributed by atoms with E-state index in [1.165, 1.54) is 47.6 Å². The number of sulfonamides is 1. The van der Waals surface area contributed by atoms with Gasteiger partial charge in [0.2, 0.25) is 10.0 Å². The lowest BCUT2D eigenvalue weighted by Crippen LogP contribution is -2.40. The molecule has 4 rings (SSSR count). The van der Waals surface area contributed by atoms with Crippen LogP contribution < -0.4 is 5.32 Å². The van der Waals surface area contributed by atoms with Crippen molar-refractivity contribution in [2.24, 2.45) is 0 Å². The number of esters is 1. The lowest BCUT2D eigenvalue weighted by atomic mass is 10.2. The number of rotatable bonds is 7. The van der Waals surface area contributed by atoms with Gasteiger partial charge in [-0.15, -0.1) is 0 Å². The van der Waals surface area contributed by atoms with Gasteiger partial charge in [0.1, 0.15) is 0 Å². The summed E-state index contributed by atoms with van der Waals surface area (Å²) in [5, 5.41) is 3.61. The summed E-state index contributed by atoms with van der Waals surface area (Å²) < 4.78 is 37.1. The zero-order valence-electron chi connectivity index (χ0n) is 19.1. The van der Waals surface area contributed by atoms with Crippen molar-refractivity contribution >= 4 is 44.6 Å². The van der Waals surface area contributed by atoms with Crippen LogP contribution in [0.15, 0.2) is 71.6 Å². The van der Waals surface area contributed by atoms with Gasteiger partial charge in [-0.2, -0.15) is 4.31 Å². The molecule has 10 heteroatoms. The van der Waals surface area contributed by atoms with Gasteiger partial charge < -0.3 is 14.8 Å². The number of amides is 1. The van der Waals surface area contributed by atoms with E-state index >= 15 is 0 Å². The lowest BCUT2D eigenvalue weighted by molar-refractivity contribution is -0.148. The Bertz CT molecular complexity index is 1350. The summed E-state index contributed by atoms with van der Waals surface area (Å²) in [6.07, 6.45) is 1.67. The van der Waals surface area contributed by atoms with E-state index in [1.54, 1.807) is 6.07 Å². The number of ether oxygens (including phenoxy) is 2. The summed E-state index contributed by atoms with van der Waals surface area (Å²) in [5.74, 6) is -1.23. The number of anilines is 1. The fourth-order valence-corrected chi connectivity index (χ4v) is 4.89. The highest BCUT2D eigenvalue weighted by atomic mass is 32.2. The minimum absolute atomic E-state index is 0.129. The monoisotopic (exact) mass is 495 g/mol. The third-order valence-electron chi connectivity index (χ3n) is 5.40. The average Bonchev–Trinajstić information content (AvgIpc) is 2.88. The smallest absolute Gasteiger partial charge is 0.331 e. The molecule has 1 amide bonds. The van der Waals surface area contributed by atoms with Gasteiger partial charge in [-0.1, -0.05) is 24.3 Å². The standard InChI is InChI=1S/C25H25N3O6S/c1-18(34-24(29)13-10-20-7-6-19-4-2-3-5-23(19)26-20)25(30)27-21-8-11-22(12-9-21)35(31,32)28-14-16-33-17-15-28/h2-13,18H,14-17H2,1H3,(H,27,30)/b13-10+. The van der Waals surface area contributed by atoms with Crippen LogP contribution in [0.4, 0.5) is 5.69 Å². The Labute approximate surface area is 203 Å². The van der Waals surface area contributed by atoms with E-state index < -0.39 is 28.0 Å². The van der Waals surface area contributed by atoms with E-state index in [1.807, 2.05) is 30.3 Å². The average molecular weight is 496 g/mol. The van der Waals surface area contributed by atoms with Gasteiger partial charge in [-0.3, -0.25) is 4.79 Å². The van der Waals surface area contributed by atoms with Crippen LogP contribution >= 0.6 is 0 Å². The first kappa shape index (κ1) is 24.5. The SMILES string of the molecule is CC(OC(=O)/C=C/c1ccc2ccccc2n1)C(=O)Nc1ccc(S(=O)(=O)N2CCOCC2)cc1. The number of benzene rings is 2. The summed E-state index contributed by atoms with van der Waals surface area (Å²) in [4.78, 5) is 29.2. The quantitative estimate of drug-likeness (QED) is 0.396. The molecule has 35 heavy (non-hydrogen) atoms. The van der Waals surface area contributed by atoms with Gasteiger partial charge in [0.05, 0.1) is 29.3 Å². The van der Waals surface area contributed by atoms with Gasteiger partial charge in [-0.25, -0.2) is 18.2 Å². The molecule has 3 aromatic rings. The molecule has 1 atom stereocenters. The van der Waals surface area contributed by atoms with Gasteiger partial charge in [-0.05, 0) is 49.4 Å². The molecular weight excluding hydrogens is 470 g/mol. The summed E-state index contributed by atoms with van der Waals surface area (Å²) >= 11 is 0. The molecule has 1 aliphatic rings. The predicted molar refractivity (Wildman–Crippen MR) is 131 cm³/mol. The zero-order chi connectivity index (χ0) is 24.8. The van der Waals surface area contributed by atoms with Gasteiger partial charge in [0, 0.05) is 30.2 Å². The topological polar surface area (TPSA) is 115 Å². The van der Waals surface area contributed by atoms with Gasteiger partial charge in [0.25, 0.3) is 5.91 Å². The van der Waals surface area contributed by atoms with Crippen molar-refractivity contribution in [2.45, 2.75) is 17.9 Å². The Morgan fingerprint density at radius 1 is 1.06 bits per heavy atom. The number of morpholine rings is 1. The molecule has 1 saturated heterocycles. The molecule has 0 saturated carbocycles. The first-order valence-electron chi connectivity index (χ1n) is 11.1. The van der Waals surface area contributed by atoms with Crippen molar-refractivity contribution in [3.05, 3.63) is 72.4 Å². The second kappa shape index (κ2) is 10.8. The Hall–Kier alpha value is -3.60. The molecule has 2 aromatic carbocycles. The van der Waals surface area contributed by atoms with Crippen LogP contribution in [0.1, 0.15) is 12.6 Å². The third kappa shape index (κ3) is 6.10. The number of para-hydroxylation sites is 1. The molecule has 0 spiro atoms. The number of aromatic nitrogens is 1. The maximum absolute atomic E-state index is 12.7. The highest BCUT2D eigenvalue weighted by Crippen LogP contribution is 2.20. The predicted octanol–water partition coefficient (Wildman–Crippen LogP) is 2.84. The van der Waals surface area contributed by atoms with E-state index in [9.17, 15) is 18.0 Å². The zero-order valence-corrected chi connectivity index (χ0v) is 19.9. The van der Waals surface area contributed by atoms with E-state index in [4.69, 9.17) is 9.47 Å². The maximum Gasteiger partial charge on any atom is 0.331 e. The minimum Gasteiger partial charge on any atom is -0.449 e. The number of nitrogens with one attached hydrogen (secondary N) is 1. The number of hydrogen-bond donors (Lipinski definition) is 1. The van der Waals surface area contributed by atoms with Crippen molar-refractivity contribution in [2.75, 3.05) is 31.6 Å². The van der Waals surface area contributed by atoms with E-state index in [0.29, 0.717) is 37.7 Å². The van der Waals surface area contributed by atoms with Crippen LogP contribution in [-0.4, -0.2) is 62.0 Å². The highest BCUT2D eigenvalue weighted by molar-refractivity contribution is 7.89. The molecule has 1 fully saturated rings. The van der Waals surface area contributed by atoms with Crippen molar-refractivity contribution in [3.63, 3.8) is 0 Å². The molecule has 1 aromatic heterocycles. The van der Waals surface area contributed by atoms with Crippen LogP contribution in [-0.2, 0) is 29.1 Å². The minimum atomic E-state index is -3.62. The Morgan fingerprint density at radius 3 is 2.51 bits per heavy atom. The van der Waals surface area contributed by atoms with E-state index in [-0.39, 0.29) is 4.90 Å². The lowest BCUT2D eigenvalue weighted by Gasteiger charge is -2.26. The number of carbonyl (C=O) groups is 2. The van der Waals surface area contributed by atoms with Gasteiger partial charge in [0.15, 0.2) is 6.10 Å². The highest BCUT2D eigenvalue weighted by Gasteiger charge is 2.26. The Kier molecular flexibility index (Phi) is 7.54. The molecule has 1 N–H and O–H groups in total. The third-order valence-corrected chi connectivity index (χ3v) is 7.31. The Morgan fingerprint density at radius 2 is 1.77 bits per heavy atom. The summed E-state index contributed by atoms with van der Waals surface area (Å²) in [5.41, 5.74) is 1.78. The molecule has 1 aliphatic heterocycles. The van der Waals surface area contributed by atoms with Crippen LogP contribution in [0, 0.1) is 0 Å². The second-order valence-corrected chi connectivity index (χ2v) is 9.81. The fourth-order valence-electron chi connectivity index (χ4n) is 3.49. The fraction of sp³-hybridized carbons (Fsp3) is 0.240. The summed E-state index contributed by atoms with van der Waals surface area (Å²) in [6, 6.07) is 17.1. The van der Waals surface area contributed by atoms with Gasteiger partial charge >= 0.3 is 5.97 Å². The second-order valence-electron chi connectivity index (χ2n) is 7.87. The van der Waals surface area contributed by atoms with Crippen LogP contribution in [0.5, 0.6) is 0 Å². The molecule has 0 aliphatic carbocycles. The maximum atomic E-state index is 12.7. The van der Waals surface area contributed by atoms with Crippen LogP contribution in [0.25, 0.3) is 17.0 Å². The molecule has 9 nitrogen and oxygen atoms in total. The van der Waals surface area contributed by atoms with Crippen molar-refractivity contribution < 1.29 is 27.5 Å². The van der Waals surface area contributed by atoms with Crippen molar-refractivity contribution in [1.29, 1.82) is 0 Å². The first-order chi connectivity index (χ1) is 16.8. The normalized spacial score (nSPS) is 15.7. The van der Waals surface area contributed by atoms with E-state index in [2.05, 4.69) is 10.3 Å². The summed E-state index contributed by atoms with van der Waals surface area (Å²) in [6.45, 7) is 2.77. The van der Waals surface area contributed by atoms with Crippen molar-refractivity contribution in [1.82, 2.24) is 9.29 Å². The van der Waals surface area contributed by atoms with Crippen molar-refractivity contribution in [3.8, 4) is 0 Å². The number of hydrogen-bond acceptors (Lipinski definition) is 7. The van der Waals surface area contributed by atoms with Crippen LogP contribution in [0.3, 0.4) is 0 Å². The molecule has 1 unspecified atom stereocenters.